The fourth-order valence-electron chi connectivity index (χ4n) is 3.71. The van der Waals surface area contributed by atoms with Gasteiger partial charge >= 0.3 is 0 Å². The molecular formula is C23H25N3O3S2. The Balaban J connectivity index is 1.58. The van der Waals surface area contributed by atoms with E-state index in [1.807, 2.05) is 65.3 Å². The number of nitrogens with one attached hydrogen (secondary N) is 1. The van der Waals surface area contributed by atoms with Crippen LogP contribution < -0.4 is 4.72 Å². The summed E-state index contributed by atoms with van der Waals surface area (Å²) in [6.07, 6.45) is 2.19. The second-order valence-electron chi connectivity index (χ2n) is 7.59. The van der Waals surface area contributed by atoms with E-state index in [2.05, 4.69) is 9.82 Å². The second kappa shape index (κ2) is 9.30. The van der Waals surface area contributed by atoms with Crippen LogP contribution in [0.4, 0.5) is 0 Å². The molecule has 0 bridgehead atoms. The smallest absolute Gasteiger partial charge is 0.234 e. The van der Waals surface area contributed by atoms with Gasteiger partial charge in [-0.1, -0.05) is 60.7 Å². The maximum Gasteiger partial charge on any atom is 0.234 e. The molecule has 2 aromatic carbocycles. The van der Waals surface area contributed by atoms with E-state index in [9.17, 15) is 12.6 Å². The van der Waals surface area contributed by atoms with Crippen LogP contribution in [0, 0.1) is 0 Å². The van der Waals surface area contributed by atoms with E-state index in [1.54, 1.807) is 6.92 Å². The van der Waals surface area contributed by atoms with E-state index in [0.717, 1.165) is 27.8 Å². The summed E-state index contributed by atoms with van der Waals surface area (Å²) in [6, 6.07) is 19.0. The molecule has 0 radical (unpaired) electrons. The van der Waals surface area contributed by atoms with Crippen molar-refractivity contribution in [1.29, 1.82) is 0 Å². The van der Waals surface area contributed by atoms with Crippen LogP contribution in [-0.4, -0.2) is 28.2 Å². The third-order valence-electron chi connectivity index (χ3n) is 5.29. The van der Waals surface area contributed by atoms with E-state index in [4.69, 9.17) is 0 Å². The van der Waals surface area contributed by atoms with Crippen LogP contribution in [0.1, 0.15) is 41.0 Å². The minimum atomic E-state index is -3.67. The lowest BCUT2D eigenvalue weighted by Gasteiger charge is -2.14. The number of hydrogen-bond donors (Lipinski definition) is 1. The average Bonchev–Trinajstić information content (AvgIpc) is 3.10. The van der Waals surface area contributed by atoms with E-state index in [-0.39, 0.29) is 6.04 Å². The molecule has 1 N–H and O–H groups in total. The summed E-state index contributed by atoms with van der Waals surface area (Å²) in [7, 11) is -4.63. The lowest BCUT2D eigenvalue weighted by Crippen LogP contribution is -2.24. The molecule has 0 amide bonds. The van der Waals surface area contributed by atoms with Gasteiger partial charge in [-0.25, -0.2) is 13.1 Å². The fourth-order valence-corrected chi connectivity index (χ4v) is 5.92. The van der Waals surface area contributed by atoms with Crippen molar-refractivity contribution in [3.8, 4) is 0 Å². The summed E-state index contributed by atoms with van der Waals surface area (Å²) >= 11 is 0. The monoisotopic (exact) mass is 455 g/mol. The van der Waals surface area contributed by atoms with Gasteiger partial charge in [0.25, 0.3) is 0 Å². The highest BCUT2D eigenvalue weighted by atomic mass is 32.2. The van der Waals surface area contributed by atoms with Gasteiger partial charge in [-0.05, 0) is 24.1 Å². The lowest BCUT2D eigenvalue weighted by molar-refractivity contribution is 0.576. The highest BCUT2D eigenvalue weighted by Gasteiger charge is 2.24. The largest absolute Gasteiger partial charge is 0.264 e. The minimum absolute atomic E-state index is 0.354. The number of benzene rings is 2. The Morgan fingerprint density at radius 3 is 2.52 bits per heavy atom. The molecule has 2 heterocycles. The maximum atomic E-state index is 12.6. The molecule has 0 saturated heterocycles. The molecule has 8 heteroatoms. The summed E-state index contributed by atoms with van der Waals surface area (Å²) in [6.45, 7) is 2.40. The molecule has 2 atom stereocenters. The summed E-state index contributed by atoms with van der Waals surface area (Å²) in [5, 5.41) is 5.82. The summed E-state index contributed by atoms with van der Waals surface area (Å²) < 4.78 is 42.0. The molecule has 2 unspecified atom stereocenters. The summed E-state index contributed by atoms with van der Waals surface area (Å²) in [5.41, 5.74) is 4.48. The van der Waals surface area contributed by atoms with Crippen molar-refractivity contribution in [2.24, 2.45) is 0 Å². The van der Waals surface area contributed by atoms with E-state index in [0.29, 0.717) is 30.2 Å². The maximum absolute atomic E-state index is 12.6. The molecule has 31 heavy (non-hydrogen) atoms. The third kappa shape index (κ3) is 5.39. The second-order valence-corrected chi connectivity index (χ2v) is 10.8. The Bertz CT molecular complexity index is 1200. The normalized spacial score (nSPS) is 17.5. The topological polar surface area (TPSA) is 81.1 Å². The summed E-state index contributed by atoms with van der Waals surface area (Å²) in [5.74, 6) is 1.00. The van der Waals surface area contributed by atoms with Gasteiger partial charge in [0.2, 0.25) is 10.0 Å². The number of sulfonamides is 1. The van der Waals surface area contributed by atoms with Crippen LogP contribution in [-0.2, 0) is 39.5 Å². The van der Waals surface area contributed by atoms with Crippen LogP contribution in [0.2, 0.25) is 0 Å². The number of hydrogen-bond acceptors (Lipinski definition) is 4. The van der Waals surface area contributed by atoms with Crippen LogP contribution in [0.25, 0.3) is 6.08 Å². The molecule has 0 spiro atoms. The van der Waals surface area contributed by atoms with Crippen molar-refractivity contribution in [1.82, 2.24) is 14.5 Å². The Labute approximate surface area is 185 Å². The predicted molar refractivity (Wildman–Crippen MR) is 124 cm³/mol. The Hall–Kier alpha value is -2.55. The van der Waals surface area contributed by atoms with Crippen molar-refractivity contribution >= 4 is 26.9 Å². The molecule has 1 aromatic heterocycles. The van der Waals surface area contributed by atoms with Crippen molar-refractivity contribution in [2.75, 3.05) is 5.75 Å². The van der Waals surface area contributed by atoms with Crippen molar-refractivity contribution in [2.45, 2.75) is 31.7 Å². The zero-order chi connectivity index (χ0) is 21.8. The van der Waals surface area contributed by atoms with Crippen molar-refractivity contribution in [3.05, 3.63) is 94.1 Å². The van der Waals surface area contributed by atoms with Crippen molar-refractivity contribution in [3.63, 3.8) is 0 Å². The van der Waals surface area contributed by atoms with Gasteiger partial charge in [0, 0.05) is 45.7 Å². The van der Waals surface area contributed by atoms with Gasteiger partial charge in [0.05, 0.1) is 18.0 Å². The molecule has 0 aliphatic carbocycles. The van der Waals surface area contributed by atoms with Crippen molar-refractivity contribution < 1.29 is 12.6 Å². The zero-order valence-electron chi connectivity index (χ0n) is 17.3. The number of aromatic nitrogens is 2. The van der Waals surface area contributed by atoms with Crippen LogP contribution in [0.3, 0.4) is 0 Å². The van der Waals surface area contributed by atoms with Gasteiger partial charge in [-0.3, -0.25) is 8.89 Å². The molecule has 0 saturated carbocycles. The Morgan fingerprint density at radius 2 is 1.81 bits per heavy atom. The standard InChI is InChI=1S/C23H25N3O3S2/c1-18(20-10-6-3-7-11-20)25-31(28,29)15-13-22-21-17-30(27)14-12-23(21)26(24-22)16-19-8-4-2-5-9-19/h2-11,13,15,18,25H,12,14,16-17H2,1H3/b15-13+. The van der Waals surface area contributed by atoms with E-state index in [1.165, 1.54) is 6.08 Å². The molecule has 4 rings (SSSR count). The first-order valence-corrected chi connectivity index (χ1v) is 13.2. The van der Waals surface area contributed by atoms with Gasteiger partial charge in [-0.15, -0.1) is 0 Å². The van der Waals surface area contributed by atoms with Crippen LogP contribution in [0.15, 0.2) is 66.1 Å². The Kier molecular flexibility index (Phi) is 6.50. The molecule has 6 nitrogen and oxygen atoms in total. The third-order valence-corrected chi connectivity index (χ3v) is 7.74. The van der Waals surface area contributed by atoms with Gasteiger partial charge in [0.1, 0.15) is 0 Å². The molecule has 162 valence electrons. The molecule has 3 aromatic rings. The molecule has 1 aliphatic heterocycles. The van der Waals surface area contributed by atoms with Crippen LogP contribution in [0.5, 0.6) is 0 Å². The van der Waals surface area contributed by atoms with Gasteiger partial charge < -0.3 is 0 Å². The van der Waals surface area contributed by atoms with E-state index >= 15 is 0 Å². The highest BCUT2D eigenvalue weighted by Crippen LogP contribution is 2.25. The average molecular weight is 456 g/mol. The first-order chi connectivity index (χ1) is 14.9. The molecule has 1 aliphatic rings. The molecular weight excluding hydrogens is 430 g/mol. The number of nitrogens with zero attached hydrogens (tertiary/aromatic N) is 2. The summed E-state index contributed by atoms with van der Waals surface area (Å²) in [4.78, 5) is 0. The van der Waals surface area contributed by atoms with Gasteiger partial charge in [0.15, 0.2) is 0 Å². The quantitative estimate of drug-likeness (QED) is 0.592. The Morgan fingerprint density at radius 1 is 1.13 bits per heavy atom. The molecule has 0 fully saturated rings. The SMILES string of the molecule is CC(NS(=O)(=O)/C=C/c1nn(Cc2ccccc2)c2c1CS(=O)CC2)c1ccccc1. The number of rotatable bonds is 7. The van der Waals surface area contributed by atoms with E-state index < -0.39 is 20.8 Å². The highest BCUT2D eigenvalue weighted by molar-refractivity contribution is 7.92. The predicted octanol–water partition coefficient (Wildman–Crippen LogP) is 3.39. The minimum Gasteiger partial charge on any atom is -0.264 e. The lowest BCUT2D eigenvalue weighted by atomic mass is 10.1. The zero-order valence-corrected chi connectivity index (χ0v) is 18.9. The van der Waals surface area contributed by atoms with Crippen LogP contribution >= 0.6 is 0 Å². The van der Waals surface area contributed by atoms with Gasteiger partial charge in [-0.2, -0.15) is 5.10 Å². The number of fused-ring (bicyclic) bond motifs is 1. The first kappa shape index (κ1) is 21.7. The first-order valence-electron chi connectivity index (χ1n) is 10.1. The fraction of sp³-hybridized carbons (Fsp3) is 0.261.